The molecular weight excluding hydrogens is 282 g/mol. The first kappa shape index (κ1) is 15.4. The van der Waals surface area contributed by atoms with Crippen LogP contribution in [0, 0.1) is 5.41 Å². The van der Waals surface area contributed by atoms with Crippen LogP contribution < -0.4 is 0 Å². The number of esters is 1. The van der Waals surface area contributed by atoms with Crippen molar-refractivity contribution in [1.29, 1.82) is 5.41 Å². The predicted molar refractivity (Wildman–Crippen MR) is 83.7 cm³/mol. The molecule has 2 aromatic carbocycles. The molecule has 0 unspecified atom stereocenters. The standard InChI is InChI=1S/C17H15NO4/c1-11(22-17(21)10-13(18)9-16(19)20)14-8-4-6-12-5-2-3-7-15(12)14/h2-8,18H,1,9-10H2,(H,19,20). The monoisotopic (exact) mass is 297 g/mol. The predicted octanol–water partition coefficient (Wildman–Crippen LogP) is 3.24. The number of carboxylic acid groups (broad SMARTS) is 1. The lowest BCUT2D eigenvalue weighted by molar-refractivity contribution is -0.135. The largest absolute Gasteiger partial charge is 0.481 e. The van der Waals surface area contributed by atoms with Crippen molar-refractivity contribution in [2.45, 2.75) is 12.8 Å². The van der Waals surface area contributed by atoms with Crippen LogP contribution in [0.5, 0.6) is 0 Å². The molecule has 0 atom stereocenters. The van der Waals surface area contributed by atoms with Crippen LogP contribution in [0.2, 0.25) is 0 Å². The third kappa shape index (κ3) is 3.79. The number of rotatable bonds is 6. The smallest absolute Gasteiger partial charge is 0.316 e. The van der Waals surface area contributed by atoms with Gasteiger partial charge in [0, 0.05) is 11.3 Å². The van der Waals surface area contributed by atoms with Crippen molar-refractivity contribution in [3.05, 3.63) is 54.6 Å². The molecule has 0 aliphatic heterocycles. The summed E-state index contributed by atoms with van der Waals surface area (Å²) in [7, 11) is 0. The van der Waals surface area contributed by atoms with Crippen LogP contribution in [0.25, 0.3) is 16.5 Å². The summed E-state index contributed by atoms with van der Waals surface area (Å²) < 4.78 is 5.13. The second kappa shape index (κ2) is 6.67. The van der Waals surface area contributed by atoms with Crippen LogP contribution >= 0.6 is 0 Å². The minimum Gasteiger partial charge on any atom is -0.481 e. The minimum absolute atomic E-state index is 0.185. The molecule has 0 heterocycles. The maximum absolute atomic E-state index is 11.7. The molecule has 0 fully saturated rings. The average Bonchev–Trinajstić information content (AvgIpc) is 2.45. The Morgan fingerprint density at radius 2 is 1.77 bits per heavy atom. The number of nitrogens with one attached hydrogen (secondary N) is 1. The van der Waals surface area contributed by atoms with Crippen LogP contribution in [0.15, 0.2) is 49.0 Å². The van der Waals surface area contributed by atoms with Crippen molar-refractivity contribution in [3.63, 3.8) is 0 Å². The van der Waals surface area contributed by atoms with Gasteiger partial charge in [-0.1, -0.05) is 49.0 Å². The normalized spacial score (nSPS) is 10.2. The maximum Gasteiger partial charge on any atom is 0.316 e. The third-order valence-electron chi connectivity index (χ3n) is 3.05. The summed E-state index contributed by atoms with van der Waals surface area (Å²) in [6.07, 6.45) is -0.841. The molecule has 0 amide bonds. The summed E-state index contributed by atoms with van der Waals surface area (Å²) in [4.78, 5) is 22.2. The Kier molecular flexibility index (Phi) is 4.68. The Morgan fingerprint density at radius 3 is 2.50 bits per heavy atom. The molecule has 0 saturated heterocycles. The van der Waals surface area contributed by atoms with Crippen LogP contribution in [-0.2, 0) is 14.3 Å². The van der Waals surface area contributed by atoms with E-state index in [1.807, 2.05) is 36.4 Å². The molecule has 2 N–H and O–H groups in total. The number of aliphatic carboxylic acids is 1. The zero-order valence-electron chi connectivity index (χ0n) is 11.8. The van der Waals surface area contributed by atoms with Gasteiger partial charge in [-0.25, -0.2) is 0 Å². The highest BCUT2D eigenvalue weighted by molar-refractivity contribution is 6.05. The minimum atomic E-state index is -1.15. The van der Waals surface area contributed by atoms with E-state index in [2.05, 4.69) is 6.58 Å². The molecule has 0 bridgehead atoms. The van der Waals surface area contributed by atoms with E-state index in [1.54, 1.807) is 6.07 Å². The fourth-order valence-corrected chi connectivity index (χ4v) is 2.12. The number of benzene rings is 2. The molecule has 22 heavy (non-hydrogen) atoms. The van der Waals surface area contributed by atoms with Gasteiger partial charge in [0.2, 0.25) is 0 Å². The van der Waals surface area contributed by atoms with Crippen molar-refractivity contribution in [3.8, 4) is 0 Å². The zero-order chi connectivity index (χ0) is 16.1. The molecule has 5 nitrogen and oxygen atoms in total. The fraction of sp³-hybridized carbons (Fsp3) is 0.118. The van der Waals surface area contributed by atoms with Gasteiger partial charge < -0.3 is 15.3 Å². The first-order valence-electron chi connectivity index (χ1n) is 6.63. The van der Waals surface area contributed by atoms with Crippen LogP contribution in [0.4, 0.5) is 0 Å². The summed E-state index contributed by atoms with van der Waals surface area (Å²) in [5, 5.41) is 17.9. The van der Waals surface area contributed by atoms with Crippen LogP contribution in [0.3, 0.4) is 0 Å². The van der Waals surface area contributed by atoms with Gasteiger partial charge in [0.15, 0.2) is 0 Å². The number of ether oxygens (including phenoxy) is 1. The van der Waals surface area contributed by atoms with Gasteiger partial charge in [-0.3, -0.25) is 9.59 Å². The van der Waals surface area contributed by atoms with Crippen molar-refractivity contribution < 1.29 is 19.4 Å². The number of carbonyl (C=O) groups is 2. The maximum atomic E-state index is 11.7. The van der Waals surface area contributed by atoms with E-state index in [-0.39, 0.29) is 17.9 Å². The molecule has 0 aromatic heterocycles. The first-order chi connectivity index (χ1) is 10.5. The number of fused-ring (bicyclic) bond motifs is 1. The molecule has 2 rings (SSSR count). The Labute approximate surface area is 127 Å². The highest BCUT2D eigenvalue weighted by atomic mass is 16.5. The van der Waals surface area contributed by atoms with Gasteiger partial charge in [-0.15, -0.1) is 0 Å². The van der Waals surface area contributed by atoms with Crippen LogP contribution in [0.1, 0.15) is 18.4 Å². The molecule has 5 heteroatoms. The zero-order valence-corrected chi connectivity index (χ0v) is 11.8. The van der Waals surface area contributed by atoms with E-state index in [4.69, 9.17) is 15.3 Å². The Bertz CT molecular complexity index is 759. The second-order valence-electron chi connectivity index (χ2n) is 4.77. The molecule has 112 valence electrons. The lowest BCUT2D eigenvalue weighted by atomic mass is 10.0. The van der Waals surface area contributed by atoms with E-state index in [0.717, 1.165) is 10.8 Å². The Balaban J connectivity index is 2.10. The Hall–Kier alpha value is -2.95. The quantitative estimate of drug-likeness (QED) is 0.487. The summed E-state index contributed by atoms with van der Waals surface area (Å²) in [6.45, 7) is 3.75. The number of hydrogen-bond acceptors (Lipinski definition) is 4. The van der Waals surface area contributed by atoms with Gasteiger partial charge >= 0.3 is 11.9 Å². The van der Waals surface area contributed by atoms with E-state index in [9.17, 15) is 9.59 Å². The van der Waals surface area contributed by atoms with Crippen molar-refractivity contribution in [2.75, 3.05) is 0 Å². The third-order valence-corrected chi connectivity index (χ3v) is 3.05. The lowest BCUT2D eigenvalue weighted by Gasteiger charge is -2.10. The highest BCUT2D eigenvalue weighted by Crippen LogP contribution is 2.25. The van der Waals surface area contributed by atoms with Gasteiger partial charge in [0.1, 0.15) is 5.76 Å². The molecule has 0 spiro atoms. The molecule has 0 radical (unpaired) electrons. The van der Waals surface area contributed by atoms with E-state index in [1.165, 1.54) is 0 Å². The van der Waals surface area contributed by atoms with Gasteiger partial charge in [0.05, 0.1) is 12.8 Å². The van der Waals surface area contributed by atoms with Gasteiger partial charge in [-0.2, -0.15) is 0 Å². The summed E-state index contributed by atoms with van der Waals surface area (Å²) in [6, 6.07) is 13.2. The number of carbonyl (C=O) groups excluding carboxylic acids is 1. The van der Waals surface area contributed by atoms with E-state index >= 15 is 0 Å². The van der Waals surface area contributed by atoms with Crippen molar-refractivity contribution in [1.82, 2.24) is 0 Å². The Morgan fingerprint density at radius 1 is 1.09 bits per heavy atom. The fourth-order valence-electron chi connectivity index (χ4n) is 2.12. The summed E-state index contributed by atoms with van der Waals surface area (Å²) in [5.74, 6) is -1.65. The molecular formula is C17H15NO4. The van der Waals surface area contributed by atoms with Crippen molar-refractivity contribution in [2.24, 2.45) is 0 Å². The lowest BCUT2D eigenvalue weighted by Crippen LogP contribution is -2.13. The van der Waals surface area contributed by atoms with E-state index in [0.29, 0.717) is 5.56 Å². The second-order valence-corrected chi connectivity index (χ2v) is 4.77. The number of carboxylic acids is 1. The molecule has 0 aliphatic rings. The van der Waals surface area contributed by atoms with Gasteiger partial charge in [-0.05, 0) is 10.8 Å². The SMILES string of the molecule is C=C(OC(=O)CC(=N)CC(=O)O)c1cccc2ccccc12. The molecule has 2 aromatic rings. The summed E-state index contributed by atoms with van der Waals surface area (Å²) in [5.41, 5.74) is 0.486. The highest BCUT2D eigenvalue weighted by Gasteiger charge is 2.14. The van der Waals surface area contributed by atoms with E-state index < -0.39 is 18.4 Å². The molecule has 0 saturated carbocycles. The van der Waals surface area contributed by atoms with Gasteiger partial charge in [0.25, 0.3) is 0 Å². The number of hydrogen-bond donors (Lipinski definition) is 2. The summed E-state index contributed by atoms with van der Waals surface area (Å²) >= 11 is 0. The topological polar surface area (TPSA) is 87.5 Å². The van der Waals surface area contributed by atoms with Crippen LogP contribution in [-0.4, -0.2) is 22.8 Å². The molecule has 0 aliphatic carbocycles. The van der Waals surface area contributed by atoms with Crippen molar-refractivity contribution >= 4 is 34.2 Å². The average molecular weight is 297 g/mol. The first-order valence-corrected chi connectivity index (χ1v) is 6.63.